The highest BCUT2D eigenvalue weighted by Crippen LogP contribution is 2.26. The number of halogens is 1. The predicted molar refractivity (Wildman–Crippen MR) is 106 cm³/mol. The molecule has 1 amide bonds. The maximum absolute atomic E-state index is 13.3. The molecule has 0 unspecified atom stereocenters. The van der Waals surface area contributed by atoms with Crippen LogP contribution in [0.25, 0.3) is 0 Å². The van der Waals surface area contributed by atoms with E-state index in [4.69, 9.17) is 9.26 Å². The van der Waals surface area contributed by atoms with Crippen LogP contribution in [0.1, 0.15) is 58.1 Å². The second-order valence-corrected chi connectivity index (χ2v) is 7.78. The smallest absolute Gasteiger partial charge is 0.344 e. The lowest BCUT2D eigenvalue weighted by Gasteiger charge is -2.18. The standard InChI is InChI=1S/C21H21FN2O4S/c1-12(2)20-18(13(3)24-28-20)21(26)27-11-17(25)23-19(16-5-4-10-29-16)14-6-8-15(22)9-7-14/h4-10,12,19H,11H2,1-3H3,(H,23,25)/t19-/m1/s1. The van der Waals surface area contributed by atoms with Crippen LogP contribution < -0.4 is 5.32 Å². The summed E-state index contributed by atoms with van der Waals surface area (Å²) in [7, 11) is 0. The van der Waals surface area contributed by atoms with Gasteiger partial charge in [0.2, 0.25) is 0 Å². The summed E-state index contributed by atoms with van der Waals surface area (Å²) in [5, 5.41) is 8.54. The molecule has 2 aromatic heterocycles. The van der Waals surface area contributed by atoms with Gasteiger partial charge >= 0.3 is 5.97 Å². The average molecular weight is 416 g/mol. The van der Waals surface area contributed by atoms with Crippen LogP contribution in [0.3, 0.4) is 0 Å². The largest absolute Gasteiger partial charge is 0.452 e. The molecule has 0 spiro atoms. The highest BCUT2D eigenvalue weighted by molar-refractivity contribution is 7.10. The van der Waals surface area contributed by atoms with Crippen molar-refractivity contribution in [1.82, 2.24) is 10.5 Å². The maximum Gasteiger partial charge on any atom is 0.344 e. The summed E-state index contributed by atoms with van der Waals surface area (Å²) in [6, 6.07) is 9.17. The van der Waals surface area contributed by atoms with E-state index in [1.54, 1.807) is 19.1 Å². The molecule has 8 heteroatoms. The molecule has 1 N–H and O–H groups in total. The molecule has 1 atom stereocenters. The van der Waals surface area contributed by atoms with E-state index in [-0.39, 0.29) is 17.3 Å². The van der Waals surface area contributed by atoms with E-state index in [2.05, 4.69) is 10.5 Å². The van der Waals surface area contributed by atoms with Gasteiger partial charge in [-0.15, -0.1) is 11.3 Å². The number of nitrogens with one attached hydrogen (secondary N) is 1. The summed E-state index contributed by atoms with van der Waals surface area (Å²) in [5.41, 5.74) is 1.40. The van der Waals surface area contributed by atoms with Gasteiger partial charge in [-0.25, -0.2) is 9.18 Å². The highest BCUT2D eigenvalue weighted by atomic mass is 32.1. The molecule has 0 aliphatic heterocycles. The van der Waals surface area contributed by atoms with Crippen molar-refractivity contribution in [2.75, 3.05) is 6.61 Å². The molecule has 6 nitrogen and oxygen atoms in total. The highest BCUT2D eigenvalue weighted by Gasteiger charge is 2.25. The van der Waals surface area contributed by atoms with Crippen LogP contribution in [0.15, 0.2) is 46.3 Å². The van der Waals surface area contributed by atoms with Crippen LogP contribution in [0.4, 0.5) is 4.39 Å². The molecule has 0 saturated carbocycles. The van der Waals surface area contributed by atoms with Gasteiger partial charge in [0.25, 0.3) is 5.91 Å². The monoisotopic (exact) mass is 416 g/mol. The van der Waals surface area contributed by atoms with Crippen molar-refractivity contribution in [2.45, 2.75) is 32.7 Å². The van der Waals surface area contributed by atoms with Gasteiger partial charge in [0.15, 0.2) is 12.4 Å². The van der Waals surface area contributed by atoms with Crippen LogP contribution in [0, 0.1) is 12.7 Å². The molecule has 1 aromatic carbocycles. The van der Waals surface area contributed by atoms with E-state index in [0.717, 1.165) is 10.4 Å². The van der Waals surface area contributed by atoms with Crippen molar-refractivity contribution >= 4 is 23.2 Å². The number of aromatic nitrogens is 1. The fourth-order valence-electron chi connectivity index (χ4n) is 2.87. The molecule has 152 valence electrons. The first kappa shape index (κ1) is 20.7. The van der Waals surface area contributed by atoms with Crippen LogP contribution in [0.2, 0.25) is 0 Å². The summed E-state index contributed by atoms with van der Waals surface area (Å²) in [6.07, 6.45) is 0. The molecule has 3 aromatic rings. The van der Waals surface area contributed by atoms with Crippen molar-refractivity contribution < 1.29 is 23.2 Å². The lowest BCUT2D eigenvalue weighted by molar-refractivity contribution is -0.124. The second-order valence-electron chi connectivity index (χ2n) is 6.81. The van der Waals surface area contributed by atoms with Gasteiger partial charge in [-0.3, -0.25) is 4.79 Å². The lowest BCUT2D eigenvalue weighted by Crippen LogP contribution is -2.32. The topological polar surface area (TPSA) is 81.4 Å². The number of amides is 1. The van der Waals surface area contributed by atoms with Gasteiger partial charge in [-0.1, -0.05) is 37.2 Å². The Labute approximate surface area is 171 Å². The first-order valence-electron chi connectivity index (χ1n) is 9.08. The van der Waals surface area contributed by atoms with Crippen molar-refractivity contribution in [2.24, 2.45) is 0 Å². The number of hydrogen-bond donors (Lipinski definition) is 1. The summed E-state index contributed by atoms with van der Waals surface area (Å²) in [5.74, 6) is -1.10. The fraction of sp³-hybridized carbons (Fsp3) is 0.286. The summed E-state index contributed by atoms with van der Waals surface area (Å²) in [6.45, 7) is 4.94. The van der Waals surface area contributed by atoms with Gasteiger partial charge in [0, 0.05) is 10.8 Å². The Bertz CT molecular complexity index is 981. The number of esters is 1. The first-order chi connectivity index (χ1) is 13.9. The van der Waals surface area contributed by atoms with E-state index in [1.165, 1.54) is 23.5 Å². The van der Waals surface area contributed by atoms with Gasteiger partial charge in [0.05, 0.1) is 11.7 Å². The van der Waals surface area contributed by atoms with E-state index in [9.17, 15) is 14.0 Å². The third-order valence-corrected chi connectivity index (χ3v) is 5.23. The molecule has 0 aliphatic rings. The molecule has 29 heavy (non-hydrogen) atoms. The fourth-order valence-corrected chi connectivity index (χ4v) is 3.67. The van der Waals surface area contributed by atoms with Crippen LogP contribution >= 0.6 is 11.3 Å². The zero-order chi connectivity index (χ0) is 21.0. The first-order valence-corrected chi connectivity index (χ1v) is 9.96. The lowest BCUT2D eigenvalue weighted by atomic mass is 10.1. The molecule has 2 heterocycles. The normalized spacial score (nSPS) is 12.0. The zero-order valence-electron chi connectivity index (χ0n) is 16.3. The molecule has 0 fully saturated rings. The van der Waals surface area contributed by atoms with Gasteiger partial charge < -0.3 is 14.6 Å². The van der Waals surface area contributed by atoms with E-state index >= 15 is 0 Å². The Hall–Kier alpha value is -3.00. The molecule has 0 saturated heterocycles. The maximum atomic E-state index is 13.3. The minimum Gasteiger partial charge on any atom is -0.452 e. The number of aryl methyl sites for hydroxylation is 1. The van der Waals surface area contributed by atoms with Crippen LogP contribution in [-0.2, 0) is 9.53 Å². The third-order valence-electron chi connectivity index (χ3n) is 4.29. The number of thiophene rings is 1. The van der Waals surface area contributed by atoms with E-state index < -0.39 is 24.5 Å². The second kappa shape index (κ2) is 9.00. The molecular weight excluding hydrogens is 395 g/mol. The number of carbonyl (C=O) groups is 2. The molecular formula is C21H21FN2O4S. The van der Waals surface area contributed by atoms with Crippen molar-refractivity contribution in [3.05, 3.63) is 75.1 Å². The summed E-state index contributed by atoms with van der Waals surface area (Å²) in [4.78, 5) is 25.8. The zero-order valence-corrected chi connectivity index (χ0v) is 17.1. The molecule has 0 bridgehead atoms. The van der Waals surface area contributed by atoms with Crippen molar-refractivity contribution in [3.8, 4) is 0 Å². The quantitative estimate of drug-likeness (QED) is 0.579. The van der Waals surface area contributed by atoms with E-state index in [0.29, 0.717) is 11.5 Å². The van der Waals surface area contributed by atoms with Gasteiger partial charge in [0.1, 0.15) is 11.4 Å². The molecule has 0 radical (unpaired) electrons. The van der Waals surface area contributed by atoms with E-state index in [1.807, 2.05) is 31.4 Å². The number of ether oxygens (including phenoxy) is 1. The van der Waals surface area contributed by atoms with Crippen molar-refractivity contribution in [3.63, 3.8) is 0 Å². The summed E-state index contributed by atoms with van der Waals surface area (Å²) >= 11 is 1.46. The number of hydrogen-bond acceptors (Lipinski definition) is 6. The van der Waals surface area contributed by atoms with Crippen LogP contribution in [-0.4, -0.2) is 23.6 Å². The Kier molecular flexibility index (Phi) is 6.43. The molecule has 0 aliphatic carbocycles. The number of nitrogens with zero attached hydrogens (tertiary/aromatic N) is 1. The number of benzene rings is 1. The number of rotatable bonds is 7. The minimum absolute atomic E-state index is 0.0470. The summed E-state index contributed by atoms with van der Waals surface area (Å²) < 4.78 is 23.6. The molecule has 3 rings (SSSR count). The predicted octanol–water partition coefficient (Wildman–Crippen LogP) is 4.37. The van der Waals surface area contributed by atoms with Crippen LogP contribution in [0.5, 0.6) is 0 Å². The third kappa shape index (κ3) is 4.89. The van der Waals surface area contributed by atoms with Crippen molar-refractivity contribution in [1.29, 1.82) is 0 Å². The Morgan fingerprint density at radius 2 is 1.97 bits per heavy atom. The average Bonchev–Trinajstić information content (AvgIpc) is 3.35. The number of carbonyl (C=O) groups excluding carboxylic acids is 2. The van der Waals surface area contributed by atoms with Gasteiger partial charge in [-0.2, -0.15) is 0 Å². The van der Waals surface area contributed by atoms with Gasteiger partial charge in [-0.05, 0) is 36.1 Å². The Balaban J connectivity index is 1.69. The SMILES string of the molecule is Cc1noc(C(C)C)c1C(=O)OCC(=O)N[C@H](c1ccc(F)cc1)c1cccs1. The Morgan fingerprint density at radius 1 is 1.24 bits per heavy atom. The minimum atomic E-state index is -0.656. The Morgan fingerprint density at radius 3 is 2.59 bits per heavy atom.